The summed E-state index contributed by atoms with van der Waals surface area (Å²) < 4.78 is 28.2. The molecule has 0 amide bonds. The lowest BCUT2D eigenvalue weighted by Crippen LogP contribution is -2.20. The molecular weight excluding hydrogens is 357 g/mol. The molecule has 0 unspecified atom stereocenters. The van der Waals surface area contributed by atoms with E-state index in [0.29, 0.717) is 11.3 Å². The fraction of sp³-hybridized carbons (Fsp3) is 0.316. The van der Waals surface area contributed by atoms with Gasteiger partial charge in [0.05, 0.1) is 17.9 Å². The molecule has 1 aromatic heterocycles. The molecule has 0 aliphatic heterocycles. The number of benzene rings is 1. The van der Waals surface area contributed by atoms with E-state index in [1.165, 1.54) is 18.2 Å². The predicted molar refractivity (Wildman–Crippen MR) is 93.4 cm³/mol. The van der Waals surface area contributed by atoms with Crippen molar-refractivity contribution in [2.75, 3.05) is 19.8 Å². The van der Waals surface area contributed by atoms with Crippen LogP contribution in [0.25, 0.3) is 0 Å². The van der Waals surface area contributed by atoms with Crippen molar-refractivity contribution in [1.29, 1.82) is 0 Å². The maximum absolute atomic E-state index is 13.4. The van der Waals surface area contributed by atoms with Crippen LogP contribution in [0, 0.1) is 19.7 Å². The summed E-state index contributed by atoms with van der Waals surface area (Å²) in [4.78, 5) is 38.8. The van der Waals surface area contributed by atoms with Crippen molar-refractivity contribution in [3.05, 3.63) is 52.6 Å². The molecule has 0 aliphatic carbocycles. The lowest BCUT2D eigenvalue weighted by molar-refractivity contribution is -0.144. The van der Waals surface area contributed by atoms with Gasteiger partial charge in [-0.2, -0.15) is 0 Å². The van der Waals surface area contributed by atoms with Crippen LogP contribution < -0.4 is 4.74 Å². The largest absolute Gasteiger partial charge is 0.479 e. The molecule has 2 rings (SSSR count). The van der Waals surface area contributed by atoms with Gasteiger partial charge in [-0.3, -0.25) is 4.79 Å². The number of hydrogen-bond acceptors (Lipinski definition) is 6. The summed E-state index contributed by atoms with van der Waals surface area (Å²) in [5, 5.41) is 0. The summed E-state index contributed by atoms with van der Waals surface area (Å²) >= 11 is 0. The Morgan fingerprint density at radius 2 is 1.78 bits per heavy atom. The molecule has 0 atom stereocenters. The van der Waals surface area contributed by atoms with Crippen LogP contribution in [0.5, 0.6) is 5.75 Å². The first-order valence-corrected chi connectivity index (χ1v) is 8.27. The van der Waals surface area contributed by atoms with Crippen molar-refractivity contribution in [3.8, 4) is 5.75 Å². The molecular formula is C19H20FNO6. The Morgan fingerprint density at radius 1 is 1.07 bits per heavy atom. The number of carbonyl (C=O) groups is 3. The molecule has 1 heterocycles. The van der Waals surface area contributed by atoms with E-state index in [4.69, 9.17) is 14.2 Å². The molecule has 27 heavy (non-hydrogen) atoms. The van der Waals surface area contributed by atoms with Gasteiger partial charge in [0.15, 0.2) is 24.8 Å². The second kappa shape index (κ2) is 8.98. The van der Waals surface area contributed by atoms with Crippen LogP contribution in [0.2, 0.25) is 0 Å². The minimum Gasteiger partial charge on any atom is -0.479 e. The number of aryl methyl sites for hydroxylation is 1. The number of nitrogens with one attached hydrogen (secondary N) is 1. The molecule has 7 nitrogen and oxygen atoms in total. The van der Waals surface area contributed by atoms with E-state index in [1.54, 1.807) is 26.8 Å². The average Bonchev–Trinajstić information content (AvgIpc) is 2.93. The van der Waals surface area contributed by atoms with Crippen molar-refractivity contribution in [3.63, 3.8) is 0 Å². The van der Waals surface area contributed by atoms with Gasteiger partial charge in [-0.25, -0.2) is 14.0 Å². The van der Waals surface area contributed by atoms with Crippen LogP contribution >= 0.6 is 0 Å². The minimum atomic E-state index is -0.821. The summed E-state index contributed by atoms with van der Waals surface area (Å²) in [6.45, 7) is 4.07. The van der Waals surface area contributed by atoms with Crippen LogP contribution in [-0.4, -0.2) is 42.5 Å². The van der Waals surface area contributed by atoms with E-state index >= 15 is 0 Å². The summed E-state index contributed by atoms with van der Waals surface area (Å²) in [6, 6.07) is 5.62. The first kappa shape index (κ1) is 20.2. The number of ketones is 1. The maximum atomic E-state index is 13.4. The van der Waals surface area contributed by atoms with Crippen LogP contribution in [-0.2, 0) is 14.3 Å². The Labute approximate surface area is 155 Å². The van der Waals surface area contributed by atoms with Crippen molar-refractivity contribution in [2.24, 2.45) is 0 Å². The average molecular weight is 377 g/mol. The number of ether oxygens (including phenoxy) is 3. The highest BCUT2D eigenvalue weighted by Crippen LogP contribution is 2.20. The number of rotatable bonds is 8. The molecule has 0 spiro atoms. The number of esters is 2. The molecule has 0 saturated heterocycles. The number of Topliss-reactive ketones (excluding diaryl/α,β-unsaturated/α-hetero) is 1. The van der Waals surface area contributed by atoms with Crippen LogP contribution in [0.1, 0.15) is 39.0 Å². The molecule has 0 saturated carbocycles. The van der Waals surface area contributed by atoms with Gasteiger partial charge in [-0.05, 0) is 38.5 Å². The SMILES string of the molecule is CCOC(=O)c1c(C)[nH]c(C(=O)COC(=O)COc2ccccc2F)c1C. The first-order valence-electron chi connectivity index (χ1n) is 8.27. The van der Waals surface area contributed by atoms with E-state index in [1.807, 2.05) is 0 Å². The lowest BCUT2D eigenvalue weighted by atomic mass is 10.1. The predicted octanol–water partition coefficient (Wildman–Crippen LogP) is 2.75. The number of aromatic nitrogens is 1. The highest BCUT2D eigenvalue weighted by Gasteiger charge is 2.23. The maximum Gasteiger partial charge on any atom is 0.344 e. The normalized spacial score (nSPS) is 10.4. The second-order valence-electron chi connectivity index (χ2n) is 5.65. The zero-order chi connectivity index (χ0) is 20.0. The molecule has 0 radical (unpaired) electrons. The summed E-state index contributed by atoms with van der Waals surface area (Å²) in [5.74, 6) is -2.55. The summed E-state index contributed by atoms with van der Waals surface area (Å²) in [5.41, 5.74) is 1.37. The Hall–Kier alpha value is -3.16. The second-order valence-corrected chi connectivity index (χ2v) is 5.65. The fourth-order valence-corrected chi connectivity index (χ4v) is 2.50. The third kappa shape index (κ3) is 4.93. The number of halogens is 1. The highest BCUT2D eigenvalue weighted by molar-refractivity contribution is 6.02. The van der Waals surface area contributed by atoms with Crippen LogP contribution in [0.3, 0.4) is 0 Å². The Morgan fingerprint density at radius 3 is 2.44 bits per heavy atom. The molecule has 1 aromatic carbocycles. The van der Waals surface area contributed by atoms with Gasteiger partial charge >= 0.3 is 11.9 Å². The molecule has 2 aromatic rings. The van der Waals surface area contributed by atoms with Gasteiger partial charge in [0.25, 0.3) is 0 Å². The fourth-order valence-electron chi connectivity index (χ4n) is 2.50. The topological polar surface area (TPSA) is 94.7 Å². The number of para-hydroxylation sites is 1. The molecule has 144 valence electrons. The van der Waals surface area contributed by atoms with Gasteiger partial charge in [0.2, 0.25) is 5.78 Å². The number of hydrogen-bond donors (Lipinski definition) is 1. The lowest BCUT2D eigenvalue weighted by Gasteiger charge is -2.07. The zero-order valence-corrected chi connectivity index (χ0v) is 15.3. The van der Waals surface area contributed by atoms with Crippen molar-refractivity contribution < 1.29 is 33.0 Å². The third-order valence-corrected chi connectivity index (χ3v) is 3.74. The van der Waals surface area contributed by atoms with Gasteiger partial charge in [-0.15, -0.1) is 0 Å². The van der Waals surface area contributed by atoms with Crippen molar-refractivity contribution in [1.82, 2.24) is 4.98 Å². The van der Waals surface area contributed by atoms with Crippen molar-refractivity contribution in [2.45, 2.75) is 20.8 Å². The molecule has 0 bridgehead atoms. The minimum absolute atomic E-state index is 0.0873. The molecule has 0 fully saturated rings. The van der Waals surface area contributed by atoms with Crippen LogP contribution in [0.15, 0.2) is 24.3 Å². The number of H-pyrrole nitrogens is 1. The van der Waals surface area contributed by atoms with Crippen molar-refractivity contribution >= 4 is 17.7 Å². The standard InChI is InChI=1S/C19H20FNO6/c1-4-25-19(24)17-11(2)18(21-12(17)3)14(22)9-27-16(23)10-26-15-8-6-5-7-13(15)20/h5-8,21H,4,9-10H2,1-3H3. The summed E-state index contributed by atoms with van der Waals surface area (Å²) in [6.07, 6.45) is 0. The van der Waals surface area contributed by atoms with Gasteiger partial charge in [0.1, 0.15) is 0 Å². The molecule has 0 aliphatic rings. The Kier molecular flexibility index (Phi) is 6.70. The van der Waals surface area contributed by atoms with E-state index < -0.39 is 36.8 Å². The smallest absolute Gasteiger partial charge is 0.344 e. The van der Waals surface area contributed by atoms with E-state index in [-0.39, 0.29) is 23.6 Å². The van der Waals surface area contributed by atoms with E-state index in [2.05, 4.69) is 4.98 Å². The molecule has 1 N–H and O–H groups in total. The Bertz CT molecular complexity index is 858. The number of aromatic amines is 1. The Balaban J connectivity index is 1.94. The van der Waals surface area contributed by atoms with E-state index in [0.717, 1.165) is 0 Å². The zero-order valence-electron chi connectivity index (χ0n) is 15.3. The third-order valence-electron chi connectivity index (χ3n) is 3.74. The highest BCUT2D eigenvalue weighted by atomic mass is 19.1. The van der Waals surface area contributed by atoms with Gasteiger partial charge < -0.3 is 19.2 Å². The summed E-state index contributed by atoms with van der Waals surface area (Å²) in [7, 11) is 0. The quantitative estimate of drug-likeness (QED) is 0.561. The molecule has 8 heteroatoms. The number of carbonyl (C=O) groups excluding carboxylic acids is 3. The van der Waals surface area contributed by atoms with E-state index in [9.17, 15) is 18.8 Å². The van der Waals surface area contributed by atoms with Crippen LogP contribution in [0.4, 0.5) is 4.39 Å². The van der Waals surface area contributed by atoms with Gasteiger partial charge in [0, 0.05) is 5.69 Å². The van der Waals surface area contributed by atoms with Gasteiger partial charge in [-0.1, -0.05) is 12.1 Å². The first-order chi connectivity index (χ1) is 12.8. The monoisotopic (exact) mass is 377 g/mol.